The number of cyclic esters (lactones) is 1. The van der Waals surface area contributed by atoms with Crippen molar-refractivity contribution in [1.82, 2.24) is 14.5 Å². The molecule has 0 aliphatic carbocycles. The summed E-state index contributed by atoms with van der Waals surface area (Å²) in [4.78, 5) is 33.6. The van der Waals surface area contributed by atoms with Crippen LogP contribution in [0, 0.1) is 0 Å². The Balaban J connectivity index is 1.61. The first-order chi connectivity index (χ1) is 17.8. The van der Waals surface area contributed by atoms with Gasteiger partial charge in [0.25, 0.3) is 5.56 Å². The number of carbonyl (C=O) groups excluding carboxylic acids is 1. The summed E-state index contributed by atoms with van der Waals surface area (Å²) in [5.74, 6) is 0.607. The van der Waals surface area contributed by atoms with Gasteiger partial charge in [0.05, 0.1) is 29.0 Å². The molecule has 0 saturated heterocycles. The number of aromatic nitrogens is 2. The van der Waals surface area contributed by atoms with Gasteiger partial charge in [0, 0.05) is 35.2 Å². The second-order valence-electron chi connectivity index (χ2n) is 10.3. The Morgan fingerprint density at radius 1 is 1.11 bits per heavy atom. The van der Waals surface area contributed by atoms with Crippen molar-refractivity contribution >= 4 is 16.9 Å². The van der Waals surface area contributed by atoms with Gasteiger partial charge in [0.2, 0.25) is 6.79 Å². The number of pyridine rings is 2. The van der Waals surface area contributed by atoms with Crippen LogP contribution in [-0.2, 0) is 34.8 Å². The maximum absolute atomic E-state index is 13.7. The molecule has 0 amide bonds. The molecule has 6 rings (SSSR count). The quantitative estimate of drug-likeness (QED) is 0.398. The van der Waals surface area contributed by atoms with Crippen molar-refractivity contribution in [2.75, 3.05) is 13.3 Å². The molecule has 5 heterocycles. The summed E-state index contributed by atoms with van der Waals surface area (Å²) in [6.07, 6.45) is 1.13. The van der Waals surface area contributed by atoms with Gasteiger partial charge in [-0.1, -0.05) is 13.8 Å². The van der Waals surface area contributed by atoms with Crippen LogP contribution in [0.15, 0.2) is 23.0 Å². The highest BCUT2D eigenvalue weighted by molar-refractivity contribution is 5.91. The Kier molecular flexibility index (Phi) is 5.54. The van der Waals surface area contributed by atoms with Gasteiger partial charge in [-0.15, -0.1) is 0 Å². The zero-order valence-electron chi connectivity index (χ0n) is 21.6. The molecule has 1 atom stereocenters. The van der Waals surface area contributed by atoms with Crippen molar-refractivity contribution in [2.24, 2.45) is 0 Å². The molecule has 0 unspecified atom stereocenters. The Bertz CT molecular complexity index is 1510. The third-order valence-corrected chi connectivity index (χ3v) is 7.90. The van der Waals surface area contributed by atoms with E-state index in [-0.39, 0.29) is 25.4 Å². The van der Waals surface area contributed by atoms with Gasteiger partial charge in [-0.25, -0.2) is 9.78 Å². The van der Waals surface area contributed by atoms with E-state index in [9.17, 15) is 14.7 Å². The van der Waals surface area contributed by atoms with Crippen molar-refractivity contribution in [1.29, 1.82) is 0 Å². The highest BCUT2D eigenvalue weighted by atomic mass is 16.7. The summed E-state index contributed by atoms with van der Waals surface area (Å²) in [6, 6.07) is 5.97. The van der Waals surface area contributed by atoms with Gasteiger partial charge in [-0.3, -0.25) is 9.69 Å². The predicted molar refractivity (Wildman–Crippen MR) is 136 cm³/mol. The number of hydrogen-bond donors (Lipinski definition) is 1. The van der Waals surface area contributed by atoms with Crippen molar-refractivity contribution in [3.63, 3.8) is 0 Å². The molecule has 0 radical (unpaired) electrons. The molecule has 0 fully saturated rings. The van der Waals surface area contributed by atoms with E-state index < -0.39 is 11.6 Å². The molecule has 3 aliphatic heterocycles. The molecule has 1 N–H and O–H groups in total. The fourth-order valence-electron chi connectivity index (χ4n) is 5.74. The SMILES string of the molecule is CCCN(Cc1c2c(nc3cc4c(cc13)OCO4)-c1cc3c(c(=O)n1C2)COC(=O)[C@]3(O)CC)C(C)C. The van der Waals surface area contributed by atoms with Crippen LogP contribution in [0.25, 0.3) is 22.3 Å². The van der Waals surface area contributed by atoms with E-state index in [0.717, 1.165) is 35.0 Å². The van der Waals surface area contributed by atoms with E-state index in [4.69, 9.17) is 19.2 Å². The van der Waals surface area contributed by atoms with Gasteiger partial charge in [-0.05, 0) is 50.9 Å². The first-order valence-corrected chi connectivity index (χ1v) is 12.9. The summed E-state index contributed by atoms with van der Waals surface area (Å²) in [7, 11) is 0. The molecule has 3 aliphatic rings. The lowest BCUT2D eigenvalue weighted by Gasteiger charge is -2.31. The van der Waals surface area contributed by atoms with Crippen LogP contribution >= 0.6 is 0 Å². The summed E-state index contributed by atoms with van der Waals surface area (Å²) in [5.41, 5.74) is 2.64. The zero-order valence-corrected chi connectivity index (χ0v) is 21.6. The largest absolute Gasteiger partial charge is 0.458 e. The number of carbonyl (C=O) groups is 1. The van der Waals surface area contributed by atoms with Crippen molar-refractivity contribution in [3.8, 4) is 22.9 Å². The normalized spacial score (nSPS) is 19.4. The third kappa shape index (κ3) is 3.48. The lowest BCUT2D eigenvalue weighted by Crippen LogP contribution is -2.44. The minimum absolute atomic E-state index is 0.106. The van der Waals surface area contributed by atoms with E-state index in [1.807, 2.05) is 12.1 Å². The van der Waals surface area contributed by atoms with Crippen LogP contribution in [0.1, 0.15) is 62.8 Å². The molecular weight excluding hydrogens is 474 g/mol. The minimum atomic E-state index is -1.85. The fraction of sp³-hybridized carbons (Fsp3) is 0.464. The number of nitrogens with zero attached hydrogens (tertiary/aromatic N) is 3. The van der Waals surface area contributed by atoms with Gasteiger partial charge in [0.1, 0.15) is 6.61 Å². The Morgan fingerprint density at radius 3 is 2.57 bits per heavy atom. The smallest absolute Gasteiger partial charge is 0.343 e. The van der Waals surface area contributed by atoms with Gasteiger partial charge >= 0.3 is 5.97 Å². The molecule has 3 aromatic rings. The molecule has 2 aromatic heterocycles. The lowest BCUT2D eigenvalue weighted by molar-refractivity contribution is -0.172. The average molecular weight is 506 g/mol. The first-order valence-electron chi connectivity index (χ1n) is 12.9. The number of rotatable bonds is 6. The minimum Gasteiger partial charge on any atom is -0.458 e. The number of hydrogen-bond acceptors (Lipinski definition) is 8. The lowest BCUT2D eigenvalue weighted by atomic mass is 9.86. The van der Waals surface area contributed by atoms with Crippen LogP contribution in [0.2, 0.25) is 0 Å². The number of aliphatic hydroxyl groups is 1. The predicted octanol–water partition coefficient (Wildman–Crippen LogP) is 3.43. The molecule has 0 spiro atoms. The summed E-state index contributed by atoms with van der Waals surface area (Å²) in [6.45, 7) is 10.3. The molecule has 194 valence electrons. The molecule has 9 heteroatoms. The summed E-state index contributed by atoms with van der Waals surface area (Å²) in [5, 5.41) is 12.2. The van der Waals surface area contributed by atoms with Gasteiger partial charge in [0.15, 0.2) is 17.1 Å². The molecule has 1 aromatic carbocycles. The number of benzene rings is 1. The Labute approximate surface area is 214 Å². The molecule has 37 heavy (non-hydrogen) atoms. The molecular formula is C28H31N3O6. The second kappa shape index (κ2) is 8.56. The Morgan fingerprint density at radius 2 is 1.86 bits per heavy atom. The van der Waals surface area contributed by atoms with E-state index in [2.05, 4.69) is 25.7 Å². The van der Waals surface area contributed by atoms with Crippen LogP contribution in [0.3, 0.4) is 0 Å². The van der Waals surface area contributed by atoms with Crippen LogP contribution < -0.4 is 15.0 Å². The van der Waals surface area contributed by atoms with Crippen LogP contribution in [0.5, 0.6) is 11.5 Å². The Hall–Kier alpha value is -3.43. The monoisotopic (exact) mass is 505 g/mol. The highest BCUT2D eigenvalue weighted by Crippen LogP contribution is 2.43. The van der Waals surface area contributed by atoms with E-state index in [0.29, 0.717) is 53.1 Å². The van der Waals surface area contributed by atoms with Crippen molar-refractivity contribution in [2.45, 2.75) is 71.9 Å². The van der Waals surface area contributed by atoms with E-state index in [1.165, 1.54) is 0 Å². The molecule has 9 nitrogen and oxygen atoms in total. The summed E-state index contributed by atoms with van der Waals surface area (Å²) >= 11 is 0. The maximum Gasteiger partial charge on any atom is 0.343 e. The van der Waals surface area contributed by atoms with E-state index in [1.54, 1.807) is 17.6 Å². The molecule has 0 bridgehead atoms. The summed E-state index contributed by atoms with van der Waals surface area (Å²) < 4.78 is 18.2. The van der Waals surface area contributed by atoms with Crippen LogP contribution in [0.4, 0.5) is 0 Å². The second-order valence-corrected chi connectivity index (χ2v) is 10.3. The van der Waals surface area contributed by atoms with Gasteiger partial charge < -0.3 is 23.9 Å². The van der Waals surface area contributed by atoms with E-state index >= 15 is 0 Å². The first kappa shape index (κ1) is 23.9. The standard InChI is InChI=1S/C28H31N3O6/c1-5-7-30(15(3)4)11-17-16-8-23-24(37-14-36-23)10-21(16)29-25-18(17)12-31-22(25)9-20-19(26(31)32)13-35-27(33)28(20,34)6-2/h8-10,15,34H,5-7,11-14H2,1-4H3/t28-/m0/s1. The number of ether oxygens (including phenoxy) is 3. The third-order valence-electron chi connectivity index (χ3n) is 7.90. The zero-order chi connectivity index (χ0) is 26.1. The topological polar surface area (TPSA) is 103 Å². The van der Waals surface area contributed by atoms with Gasteiger partial charge in [-0.2, -0.15) is 0 Å². The maximum atomic E-state index is 13.7. The highest BCUT2D eigenvalue weighted by Gasteiger charge is 2.45. The number of esters is 1. The van der Waals surface area contributed by atoms with Crippen molar-refractivity contribution < 1.29 is 24.1 Å². The molecule has 0 saturated carbocycles. The average Bonchev–Trinajstić information content (AvgIpc) is 3.49. The van der Waals surface area contributed by atoms with Crippen LogP contribution in [-0.4, -0.2) is 44.9 Å². The fourth-order valence-corrected chi connectivity index (χ4v) is 5.74. The number of fused-ring (bicyclic) bond motifs is 6. The van der Waals surface area contributed by atoms with Crippen molar-refractivity contribution in [3.05, 3.63) is 50.8 Å².